The van der Waals surface area contributed by atoms with Gasteiger partial charge in [-0.25, -0.2) is 9.89 Å². The van der Waals surface area contributed by atoms with Crippen LogP contribution in [0.2, 0.25) is 0 Å². The molecule has 6 nitrogen and oxygen atoms in total. The lowest BCUT2D eigenvalue weighted by Crippen LogP contribution is -2.38. The molecule has 1 aliphatic rings. The Kier molecular flexibility index (Phi) is 3.31. The molecule has 3 unspecified atom stereocenters. The number of aromatic amines is 2. The van der Waals surface area contributed by atoms with Gasteiger partial charge in [0.1, 0.15) is 0 Å². The van der Waals surface area contributed by atoms with Crippen molar-refractivity contribution in [2.75, 3.05) is 5.32 Å². The molecule has 0 bridgehead atoms. The van der Waals surface area contributed by atoms with Crippen LogP contribution in [-0.4, -0.2) is 21.2 Å². The van der Waals surface area contributed by atoms with E-state index in [1.807, 2.05) is 0 Å². The topological polar surface area (TPSA) is 90.6 Å². The average Bonchev–Trinajstić information content (AvgIpc) is 2.28. The first-order chi connectivity index (χ1) is 8.08. The van der Waals surface area contributed by atoms with Crippen LogP contribution in [0.4, 0.5) is 5.82 Å². The Morgan fingerprint density at radius 2 is 2.06 bits per heavy atom. The summed E-state index contributed by atoms with van der Waals surface area (Å²) in [6.07, 6.45) is 3.42. The summed E-state index contributed by atoms with van der Waals surface area (Å²) in [7, 11) is 0. The normalized spacial score (nSPS) is 28.9. The van der Waals surface area contributed by atoms with Crippen molar-refractivity contribution >= 4 is 5.82 Å². The highest BCUT2D eigenvalue weighted by Crippen LogP contribution is 2.30. The molecule has 0 aromatic carbocycles. The predicted octanol–water partition coefficient (Wildman–Crippen LogP) is 0.695. The molecule has 0 radical (unpaired) electrons. The zero-order chi connectivity index (χ0) is 12.4. The first-order valence-corrected chi connectivity index (χ1v) is 6.03. The Morgan fingerprint density at radius 3 is 2.76 bits per heavy atom. The summed E-state index contributed by atoms with van der Waals surface area (Å²) in [5.41, 5.74) is -1.04. The summed E-state index contributed by atoms with van der Waals surface area (Å²) < 4.78 is 0. The molecule has 1 heterocycles. The summed E-state index contributed by atoms with van der Waals surface area (Å²) in [5, 5.41) is 9.10. The standard InChI is InChI=1S/C11H18N4O2/c1-6-4-3-5-8(7(6)2)12-9-10(16)13-11(17)15-14-9/h6-8H,3-5H2,1-2H3,(H,12,14)(H2,13,15,16,17). The van der Waals surface area contributed by atoms with E-state index in [0.29, 0.717) is 11.8 Å². The smallest absolute Gasteiger partial charge is 0.342 e. The molecule has 3 atom stereocenters. The number of aromatic nitrogens is 3. The highest BCUT2D eigenvalue weighted by Gasteiger charge is 2.27. The van der Waals surface area contributed by atoms with Crippen LogP contribution in [-0.2, 0) is 0 Å². The number of nitrogens with one attached hydrogen (secondary N) is 3. The molecular formula is C11H18N4O2. The van der Waals surface area contributed by atoms with E-state index in [4.69, 9.17) is 0 Å². The van der Waals surface area contributed by atoms with Crippen molar-refractivity contribution < 1.29 is 0 Å². The Hall–Kier alpha value is -1.59. The minimum atomic E-state index is -0.578. The zero-order valence-corrected chi connectivity index (χ0v) is 10.1. The van der Waals surface area contributed by atoms with Crippen molar-refractivity contribution in [2.24, 2.45) is 11.8 Å². The van der Waals surface area contributed by atoms with Crippen LogP contribution in [0.25, 0.3) is 0 Å². The molecule has 17 heavy (non-hydrogen) atoms. The van der Waals surface area contributed by atoms with Crippen molar-refractivity contribution in [3.63, 3.8) is 0 Å². The predicted molar refractivity (Wildman–Crippen MR) is 65.1 cm³/mol. The van der Waals surface area contributed by atoms with Crippen LogP contribution in [0.3, 0.4) is 0 Å². The fourth-order valence-corrected chi connectivity index (χ4v) is 2.41. The molecule has 3 N–H and O–H groups in total. The van der Waals surface area contributed by atoms with Crippen LogP contribution < -0.4 is 16.6 Å². The SMILES string of the molecule is CC1CCCC(Nc2n[nH]c(=O)[nH]c2=O)C1C. The van der Waals surface area contributed by atoms with Crippen LogP contribution in [0, 0.1) is 11.8 Å². The Morgan fingerprint density at radius 1 is 1.29 bits per heavy atom. The van der Waals surface area contributed by atoms with Gasteiger partial charge in [-0.05, 0) is 18.3 Å². The zero-order valence-electron chi connectivity index (χ0n) is 10.1. The number of anilines is 1. The summed E-state index contributed by atoms with van der Waals surface area (Å²) >= 11 is 0. The molecule has 1 saturated carbocycles. The fraction of sp³-hybridized carbons (Fsp3) is 0.727. The number of H-pyrrole nitrogens is 2. The van der Waals surface area contributed by atoms with E-state index in [9.17, 15) is 9.59 Å². The number of rotatable bonds is 2. The lowest BCUT2D eigenvalue weighted by molar-refractivity contribution is 0.252. The van der Waals surface area contributed by atoms with Gasteiger partial charge in [-0.1, -0.05) is 26.7 Å². The van der Waals surface area contributed by atoms with Gasteiger partial charge in [-0.3, -0.25) is 9.78 Å². The summed E-state index contributed by atoms with van der Waals surface area (Å²) in [6.45, 7) is 4.41. The summed E-state index contributed by atoms with van der Waals surface area (Å²) in [6, 6.07) is 0.248. The molecule has 2 rings (SSSR count). The van der Waals surface area contributed by atoms with Gasteiger partial charge in [0.2, 0.25) is 5.82 Å². The van der Waals surface area contributed by atoms with Crippen molar-refractivity contribution in [3.8, 4) is 0 Å². The lowest BCUT2D eigenvalue weighted by Gasteiger charge is -2.34. The molecule has 1 fully saturated rings. The number of hydrogen-bond donors (Lipinski definition) is 3. The second-order valence-electron chi connectivity index (χ2n) is 4.87. The van der Waals surface area contributed by atoms with Gasteiger partial charge in [-0.2, -0.15) is 0 Å². The highest BCUT2D eigenvalue weighted by atomic mass is 16.2. The van der Waals surface area contributed by atoms with Gasteiger partial charge in [0.25, 0.3) is 5.56 Å². The third kappa shape index (κ3) is 2.57. The molecule has 0 saturated heterocycles. The lowest BCUT2D eigenvalue weighted by atomic mass is 9.78. The quantitative estimate of drug-likeness (QED) is 0.707. The number of hydrogen-bond acceptors (Lipinski definition) is 4. The van der Waals surface area contributed by atoms with Crippen LogP contribution in [0.5, 0.6) is 0 Å². The third-order valence-corrected chi connectivity index (χ3v) is 3.74. The molecule has 94 valence electrons. The van der Waals surface area contributed by atoms with Crippen molar-refractivity contribution in [3.05, 3.63) is 20.8 Å². The molecule has 1 aromatic rings. The van der Waals surface area contributed by atoms with Gasteiger partial charge >= 0.3 is 5.69 Å². The van der Waals surface area contributed by atoms with Gasteiger partial charge in [0, 0.05) is 6.04 Å². The molecular weight excluding hydrogens is 220 g/mol. The molecule has 1 aliphatic carbocycles. The summed E-state index contributed by atoms with van der Waals surface area (Å²) in [5.74, 6) is 1.34. The highest BCUT2D eigenvalue weighted by molar-refractivity contribution is 5.30. The first kappa shape index (κ1) is 11.9. The molecule has 6 heteroatoms. The molecule has 0 spiro atoms. The van der Waals surface area contributed by atoms with E-state index in [0.717, 1.165) is 12.8 Å². The monoisotopic (exact) mass is 238 g/mol. The maximum Gasteiger partial charge on any atom is 0.342 e. The van der Waals surface area contributed by atoms with Crippen molar-refractivity contribution in [1.29, 1.82) is 0 Å². The molecule has 0 amide bonds. The van der Waals surface area contributed by atoms with Crippen molar-refractivity contribution in [2.45, 2.75) is 39.2 Å². The second kappa shape index (κ2) is 4.73. The minimum absolute atomic E-state index is 0.204. The van der Waals surface area contributed by atoms with Gasteiger partial charge < -0.3 is 5.32 Å². The van der Waals surface area contributed by atoms with Crippen LogP contribution in [0.1, 0.15) is 33.1 Å². The maximum atomic E-state index is 11.5. The summed E-state index contributed by atoms with van der Waals surface area (Å²) in [4.78, 5) is 24.5. The fourth-order valence-electron chi connectivity index (χ4n) is 2.41. The Balaban J connectivity index is 2.15. The van der Waals surface area contributed by atoms with E-state index >= 15 is 0 Å². The minimum Gasteiger partial charge on any atom is -0.361 e. The van der Waals surface area contributed by atoms with Crippen LogP contribution in [0.15, 0.2) is 9.59 Å². The van der Waals surface area contributed by atoms with E-state index in [-0.39, 0.29) is 11.9 Å². The van der Waals surface area contributed by atoms with Crippen LogP contribution >= 0.6 is 0 Å². The third-order valence-electron chi connectivity index (χ3n) is 3.74. The number of nitrogens with zero attached hydrogens (tertiary/aromatic N) is 1. The maximum absolute atomic E-state index is 11.5. The van der Waals surface area contributed by atoms with E-state index in [2.05, 4.69) is 34.3 Å². The molecule has 1 aromatic heterocycles. The first-order valence-electron chi connectivity index (χ1n) is 6.03. The van der Waals surface area contributed by atoms with Crippen molar-refractivity contribution in [1.82, 2.24) is 15.2 Å². The van der Waals surface area contributed by atoms with Gasteiger partial charge in [0.15, 0.2) is 0 Å². The van der Waals surface area contributed by atoms with Gasteiger partial charge in [0.05, 0.1) is 0 Å². The average molecular weight is 238 g/mol. The van der Waals surface area contributed by atoms with E-state index < -0.39 is 11.2 Å². The van der Waals surface area contributed by atoms with Gasteiger partial charge in [-0.15, -0.1) is 5.10 Å². The largest absolute Gasteiger partial charge is 0.361 e. The molecule has 0 aliphatic heterocycles. The Labute approximate surface area is 98.8 Å². The second-order valence-corrected chi connectivity index (χ2v) is 4.87. The Bertz CT molecular complexity index is 493. The van der Waals surface area contributed by atoms with E-state index in [1.165, 1.54) is 6.42 Å². The van der Waals surface area contributed by atoms with E-state index in [1.54, 1.807) is 0 Å².